The van der Waals surface area contributed by atoms with Crippen LogP contribution in [0, 0.1) is 6.92 Å². The van der Waals surface area contributed by atoms with Crippen molar-refractivity contribution < 1.29 is 14.6 Å². The van der Waals surface area contributed by atoms with E-state index >= 15 is 0 Å². The second-order valence-corrected chi connectivity index (χ2v) is 3.85. The molecule has 0 aliphatic heterocycles. The van der Waals surface area contributed by atoms with Crippen LogP contribution in [0.4, 0.5) is 0 Å². The fourth-order valence-electron chi connectivity index (χ4n) is 1.51. The number of aryl methyl sites for hydroxylation is 1. The average molecular weight is 244 g/mol. The van der Waals surface area contributed by atoms with Crippen LogP contribution in [0.2, 0.25) is 0 Å². The van der Waals surface area contributed by atoms with Gasteiger partial charge in [0, 0.05) is 11.6 Å². The Hall–Kier alpha value is -2.43. The van der Waals surface area contributed by atoms with Crippen LogP contribution in [0.15, 0.2) is 36.5 Å². The molecule has 0 aliphatic rings. The third-order valence-electron chi connectivity index (χ3n) is 2.30. The normalized spacial score (nSPS) is 10.1. The first-order valence-electron chi connectivity index (χ1n) is 5.42. The molecule has 0 unspecified atom stereocenters. The van der Waals surface area contributed by atoms with Crippen molar-refractivity contribution in [3.05, 3.63) is 47.7 Å². The van der Waals surface area contributed by atoms with Gasteiger partial charge in [0.1, 0.15) is 5.75 Å². The summed E-state index contributed by atoms with van der Waals surface area (Å²) in [5, 5.41) is 16.4. The number of carboxylic acids is 1. The van der Waals surface area contributed by atoms with Crippen molar-refractivity contribution in [1.29, 1.82) is 0 Å². The maximum absolute atomic E-state index is 10.7. The predicted octanol–water partition coefficient (Wildman–Crippen LogP) is 2.20. The summed E-state index contributed by atoms with van der Waals surface area (Å²) >= 11 is 0. The fraction of sp³-hybridized carbons (Fsp3) is 0.154. The number of hydrogen-bond donors (Lipinski definition) is 1. The molecule has 0 bridgehead atoms. The van der Waals surface area contributed by atoms with Gasteiger partial charge in [-0.15, -0.1) is 5.10 Å². The van der Waals surface area contributed by atoms with E-state index in [2.05, 4.69) is 10.2 Å². The van der Waals surface area contributed by atoms with E-state index in [0.29, 0.717) is 17.2 Å². The number of aromatic nitrogens is 2. The van der Waals surface area contributed by atoms with Gasteiger partial charge in [0.15, 0.2) is 0 Å². The van der Waals surface area contributed by atoms with Gasteiger partial charge in [0.05, 0.1) is 12.6 Å². The molecule has 1 N–H and O–H groups in total. The van der Waals surface area contributed by atoms with Crippen molar-refractivity contribution in [3.63, 3.8) is 0 Å². The van der Waals surface area contributed by atoms with Crippen LogP contribution in [0.3, 0.4) is 0 Å². The highest BCUT2D eigenvalue weighted by atomic mass is 16.5. The van der Waals surface area contributed by atoms with Crippen molar-refractivity contribution in [3.8, 4) is 11.6 Å². The summed E-state index contributed by atoms with van der Waals surface area (Å²) in [4.78, 5) is 10.7. The topological polar surface area (TPSA) is 72.3 Å². The van der Waals surface area contributed by atoms with E-state index in [0.717, 1.165) is 5.56 Å². The summed E-state index contributed by atoms with van der Waals surface area (Å²) in [5.74, 6) is -0.0611. The van der Waals surface area contributed by atoms with E-state index in [1.165, 1.54) is 0 Å². The predicted molar refractivity (Wildman–Crippen MR) is 64.6 cm³/mol. The van der Waals surface area contributed by atoms with Crippen LogP contribution in [0.5, 0.6) is 11.6 Å². The minimum atomic E-state index is -0.902. The van der Waals surface area contributed by atoms with Crippen molar-refractivity contribution in [1.82, 2.24) is 10.2 Å². The number of nitrogens with zero attached hydrogens (tertiary/aromatic N) is 2. The van der Waals surface area contributed by atoms with Crippen molar-refractivity contribution >= 4 is 5.97 Å². The molecule has 0 atom stereocenters. The molecular formula is C13H12N2O3. The van der Waals surface area contributed by atoms with E-state index in [1.807, 2.05) is 6.92 Å². The van der Waals surface area contributed by atoms with Gasteiger partial charge in [-0.1, -0.05) is 18.2 Å². The summed E-state index contributed by atoms with van der Waals surface area (Å²) in [6, 6.07) is 8.72. The Balaban J connectivity index is 2.26. The second-order valence-electron chi connectivity index (χ2n) is 3.85. The number of hydrogen-bond acceptors (Lipinski definition) is 4. The minimum absolute atomic E-state index is 0.0879. The lowest BCUT2D eigenvalue weighted by Crippen LogP contribution is -2.02. The van der Waals surface area contributed by atoms with Gasteiger partial charge in [-0.3, -0.25) is 4.79 Å². The largest absolute Gasteiger partial charge is 0.481 e. The average Bonchev–Trinajstić information content (AvgIpc) is 2.31. The summed E-state index contributed by atoms with van der Waals surface area (Å²) in [6.45, 7) is 1.88. The maximum atomic E-state index is 10.7. The Kier molecular flexibility index (Phi) is 3.52. The molecular weight excluding hydrogens is 232 g/mol. The maximum Gasteiger partial charge on any atom is 0.307 e. The van der Waals surface area contributed by atoms with Crippen LogP contribution in [-0.2, 0) is 11.2 Å². The SMILES string of the molecule is Cc1cnnc(Oc2ccccc2CC(=O)O)c1. The van der Waals surface area contributed by atoms with Gasteiger partial charge in [0.25, 0.3) is 0 Å². The van der Waals surface area contributed by atoms with Crippen LogP contribution < -0.4 is 4.74 Å². The fourth-order valence-corrected chi connectivity index (χ4v) is 1.51. The van der Waals surface area contributed by atoms with Gasteiger partial charge in [-0.25, -0.2) is 0 Å². The van der Waals surface area contributed by atoms with E-state index in [4.69, 9.17) is 9.84 Å². The zero-order chi connectivity index (χ0) is 13.0. The Morgan fingerprint density at radius 3 is 2.89 bits per heavy atom. The van der Waals surface area contributed by atoms with Crippen LogP contribution in [-0.4, -0.2) is 21.3 Å². The first kappa shape index (κ1) is 12.0. The lowest BCUT2D eigenvalue weighted by molar-refractivity contribution is -0.136. The first-order valence-corrected chi connectivity index (χ1v) is 5.42. The molecule has 18 heavy (non-hydrogen) atoms. The standard InChI is InChI=1S/C13H12N2O3/c1-9-6-12(15-14-8-9)18-11-5-3-2-4-10(11)7-13(16)17/h2-6,8H,7H2,1H3,(H,16,17). The first-order chi connectivity index (χ1) is 8.65. The Labute approximate surface area is 104 Å². The molecule has 1 aromatic carbocycles. The zero-order valence-electron chi connectivity index (χ0n) is 9.83. The highest BCUT2D eigenvalue weighted by molar-refractivity contribution is 5.71. The number of rotatable bonds is 4. The monoisotopic (exact) mass is 244 g/mol. The molecule has 5 heteroatoms. The van der Waals surface area contributed by atoms with Crippen LogP contribution in [0.25, 0.3) is 0 Å². The molecule has 2 rings (SSSR count). The molecule has 2 aromatic rings. The van der Waals surface area contributed by atoms with Gasteiger partial charge < -0.3 is 9.84 Å². The van der Waals surface area contributed by atoms with E-state index < -0.39 is 5.97 Å². The van der Waals surface area contributed by atoms with Crippen LogP contribution >= 0.6 is 0 Å². The third-order valence-corrected chi connectivity index (χ3v) is 2.30. The molecule has 1 aromatic heterocycles. The minimum Gasteiger partial charge on any atom is -0.481 e. The molecule has 92 valence electrons. The highest BCUT2D eigenvalue weighted by Crippen LogP contribution is 2.24. The molecule has 0 amide bonds. The van der Waals surface area contributed by atoms with Crippen LogP contribution in [0.1, 0.15) is 11.1 Å². The lowest BCUT2D eigenvalue weighted by atomic mass is 10.1. The number of aliphatic carboxylic acids is 1. The number of ether oxygens (including phenoxy) is 1. The molecule has 0 saturated heterocycles. The molecule has 0 spiro atoms. The van der Waals surface area contributed by atoms with Gasteiger partial charge in [-0.05, 0) is 18.6 Å². The van der Waals surface area contributed by atoms with Gasteiger partial charge >= 0.3 is 5.97 Å². The molecule has 0 radical (unpaired) electrons. The number of carboxylic acid groups (broad SMARTS) is 1. The third kappa shape index (κ3) is 3.04. The number of benzene rings is 1. The highest BCUT2D eigenvalue weighted by Gasteiger charge is 2.08. The Morgan fingerprint density at radius 2 is 2.17 bits per heavy atom. The van der Waals surface area contributed by atoms with Crippen molar-refractivity contribution in [2.75, 3.05) is 0 Å². The summed E-state index contributed by atoms with van der Waals surface area (Å²) in [5.41, 5.74) is 1.53. The molecule has 5 nitrogen and oxygen atoms in total. The number of carbonyl (C=O) groups is 1. The van der Waals surface area contributed by atoms with E-state index in [9.17, 15) is 4.79 Å². The summed E-state index contributed by atoms with van der Waals surface area (Å²) < 4.78 is 5.55. The van der Waals surface area contributed by atoms with Gasteiger partial charge in [0.2, 0.25) is 5.88 Å². The summed E-state index contributed by atoms with van der Waals surface area (Å²) in [7, 11) is 0. The van der Waals surface area contributed by atoms with E-state index in [-0.39, 0.29) is 6.42 Å². The van der Waals surface area contributed by atoms with Gasteiger partial charge in [-0.2, -0.15) is 5.10 Å². The molecule has 0 aliphatic carbocycles. The Morgan fingerprint density at radius 1 is 1.39 bits per heavy atom. The Bertz CT molecular complexity index is 570. The van der Waals surface area contributed by atoms with Crippen molar-refractivity contribution in [2.24, 2.45) is 0 Å². The second kappa shape index (κ2) is 5.27. The summed E-state index contributed by atoms with van der Waals surface area (Å²) in [6.07, 6.45) is 1.53. The quantitative estimate of drug-likeness (QED) is 0.892. The lowest BCUT2D eigenvalue weighted by Gasteiger charge is -2.08. The molecule has 0 saturated carbocycles. The number of para-hydroxylation sites is 1. The smallest absolute Gasteiger partial charge is 0.307 e. The molecule has 1 heterocycles. The van der Waals surface area contributed by atoms with Crippen molar-refractivity contribution in [2.45, 2.75) is 13.3 Å². The zero-order valence-corrected chi connectivity index (χ0v) is 9.83. The van der Waals surface area contributed by atoms with E-state index in [1.54, 1.807) is 36.5 Å². The molecule has 0 fully saturated rings.